The molecule has 7 heteroatoms. The van der Waals surface area contributed by atoms with Crippen molar-refractivity contribution in [2.45, 2.75) is 39.5 Å². The smallest absolute Gasteiger partial charge is 0.289 e. The van der Waals surface area contributed by atoms with Gasteiger partial charge in [0.05, 0.1) is 12.9 Å². The van der Waals surface area contributed by atoms with Crippen LogP contribution in [0.15, 0.2) is 45.4 Å². The highest BCUT2D eigenvalue weighted by Crippen LogP contribution is 2.38. The van der Waals surface area contributed by atoms with Crippen LogP contribution in [-0.4, -0.2) is 54.4 Å². The molecule has 0 unspecified atom stereocenters. The van der Waals surface area contributed by atoms with Crippen molar-refractivity contribution in [3.8, 4) is 5.75 Å². The molecule has 1 aliphatic heterocycles. The molecule has 3 aromatic rings. The van der Waals surface area contributed by atoms with Gasteiger partial charge in [-0.25, -0.2) is 0 Å². The summed E-state index contributed by atoms with van der Waals surface area (Å²) < 4.78 is 17.3. The molecule has 3 heterocycles. The molecular weight excluding hydrogens is 432 g/mol. The average molecular weight is 463 g/mol. The summed E-state index contributed by atoms with van der Waals surface area (Å²) >= 11 is 0. The Balaban J connectivity index is 1.34. The zero-order valence-electron chi connectivity index (χ0n) is 19.8. The Hall–Kier alpha value is -3.48. The Morgan fingerprint density at radius 3 is 2.59 bits per heavy atom. The average Bonchev–Trinajstić information content (AvgIpc) is 3.51. The highest BCUT2D eigenvalue weighted by atomic mass is 16.5. The molecule has 5 rings (SSSR count). The van der Waals surface area contributed by atoms with Gasteiger partial charge in [-0.3, -0.25) is 9.59 Å². The number of carbonyl (C=O) groups excluding carboxylic acids is 2. The topological polar surface area (TPSA) is 76.1 Å². The third-order valence-electron chi connectivity index (χ3n) is 6.73. The minimum Gasteiger partial charge on any atom is -0.493 e. The van der Waals surface area contributed by atoms with Gasteiger partial charge in [-0.1, -0.05) is 0 Å². The molecule has 0 radical (unpaired) electrons. The van der Waals surface area contributed by atoms with E-state index in [0.29, 0.717) is 38.5 Å². The Morgan fingerprint density at radius 1 is 1.09 bits per heavy atom. The Labute approximate surface area is 198 Å². The van der Waals surface area contributed by atoms with E-state index in [0.717, 1.165) is 52.9 Å². The Kier molecular flexibility index (Phi) is 6.18. The molecule has 2 aromatic heterocycles. The quantitative estimate of drug-likeness (QED) is 0.514. The first-order chi connectivity index (χ1) is 16.5. The van der Waals surface area contributed by atoms with Crippen LogP contribution in [0.25, 0.3) is 16.5 Å². The van der Waals surface area contributed by atoms with Gasteiger partial charge in [0.1, 0.15) is 17.1 Å². The number of rotatable bonds is 5. The second kappa shape index (κ2) is 9.41. The number of piperazine rings is 1. The lowest BCUT2D eigenvalue weighted by Gasteiger charge is -2.33. The van der Waals surface area contributed by atoms with Crippen LogP contribution >= 0.6 is 0 Å². The molecule has 1 aromatic carbocycles. The number of aryl methyl sites for hydroxylation is 2. The highest BCUT2D eigenvalue weighted by Gasteiger charge is 2.26. The number of hydrogen-bond acceptors (Lipinski definition) is 5. The predicted molar refractivity (Wildman–Crippen MR) is 129 cm³/mol. The van der Waals surface area contributed by atoms with Crippen LogP contribution in [0.5, 0.6) is 5.75 Å². The molecule has 0 spiro atoms. The van der Waals surface area contributed by atoms with Crippen molar-refractivity contribution in [3.63, 3.8) is 0 Å². The van der Waals surface area contributed by atoms with E-state index in [4.69, 9.17) is 13.6 Å². The SMILES string of the molecule is CCOc1cc2oc3c(c2cc1/C(C)=C/C(=O)N1CCN(C(=O)c2ccco2)CC1)CCCC3. The van der Waals surface area contributed by atoms with Gasteiger partial charge >= 0.3 is 0 Å². The Morgan fingerprint density at radius 2 is 1.85 bits per heavy atom. The van der Waals surface area contributed by atoms with Gasteiger partial charge in [0.25, 0.3) is 5.91 Å². The van der Waals surface area contributed by atoms with E-state index in [9.17, 15) is 9.59 Å². The van der Waals surface area contributed by atoms with E-state index in [1.54, 1.807) is 28.0 Å². The van der Waals surface area contributed by atoms with Gasteiger partial charge in [-0.05, 0) is 56.9 Å². The zero-order valence-corrected chi connectivity index (χ0v) is 19.8. The standard InChI is InChI=1S/C27H30N2O5/c1-3-32-24-17-25-21(19-7-4-5-8-22(19)34-25)16-20(24)18(2)15-26(30)28-10-12-29(13-11-28)27(31)23-9-6-14-33-23/h6,9,14-17H,3-5,7-8,10-13H2,1-2H3/b18-15+. The summed E-state index contributed by atoms with van der Waals surface area (Å²) in [6.07, 6.45) is 7.51. The lowest BCUT2D eigenvalue weighted by Crippen LogP contribution is -2.50. The van der Waals surface area contributed by atoms with Crippen molar-refractivity contribution in [2.75, 3.05) is 32.8 Å². The summed E-state index contributed by atoms with van der Waals surface area (Å²) in [5.41, 5.74) is 3.93. The fourth-order valence-electron chi connectivity index (χ4n) is 4.91. The van der Waals surface area contributed by atoms with Crippen LogP contribution in [0.2, 0.25) is 0 Å². The van der Waals surface area contributed by atoms with Crippen LogP contribution in [0.4, 0.5) is 0 Å². The van der Waals surface area contributed by atoms with E-state index in [1.807, 2.05) is 19.9 Å². The first-order valence-corrected chi connectivity index (χ1v) is 12.1. The highest BCUT2D eigenvalue weighted by molar-refractivity contribution is 5.98. The number of allylic oxidation sites excluding steroid dienone is 1. The summed E-state index contributed by atoms with van der Waals surface area (Å²) in [5, 5.41) is 1.12. The maximum absolute atomic E-state index is 13.1. The summed E-state index contributed by atoms with van der Waals surface area (Å²) in [5.74, 6) is 1.95. The molecule has 0 saturated carbocycles. The number of nitrogens with zero attached hydrogens (tertiary/aromatic N) is 2. The lowest BCUT2D eigenvalue weighted by molar-refractivity contribution is -0.127. The third kappa shape index (κ3) is 4.22. The van der Waals surface area contributed by atoms with Crippen LogP contribution in [0.1, 0.15) is 54.1 Å². The van der Waals surface area contributed by atoms with E-state index in [1.165, 1.54) is 18.2 Å². The van der Waals surface area contributed by atoms with Crippen molar-refractivity contribution in [2.24, 2.45) is 0 Å². The van der Waals surface area contributed by atoms with Crippen molar-refractivity contribution >= 4 is 28.4 Å². The number of furan rings is 2. The van der Waals surface area contributed by atoms with Gasteiger partial charge in [-0.15, -0.1) is 0 Å². The molecule has 34 heavy (non-hydrogen) atoms. The molecule has 0 bridgehead atoms. The lowest BCUT2D eigenvalue weighted by atomic mass is 9.94. The van der Waals surface area contributed by atoms with Gasteiger partial charge in [-0.2, -0.15) is 0 Å². The van der Waals surface area contributed by atoms with Crippen molar-refractivity contribution < 1.29 is 23.2 Å². The number of benzene rings is 1. The molecule has 178 valence electrons. The van der Waals surface area contributed by atoms with E-state index < -0.39 is 0 Å². The second-order valence-electron chi connectivity index (χ2n) is 8.91. The summed E-state index contributed by atoms with van der Waals surface area (Å²) in [6, 6.07) is 7.45. The third-order valence-corrected chi connectivity index (χ3v) is 6.73. The summed E-state index contributed by atoms with van der Waals surface area (Å²) in [7, 11) is 0. The summed E-state index contributed by atoms with van der Waals surface area (Å²) in [4.78, 5) is 29.1. The first kappa shape index (κ1) is 22.3. The van der Waals surface area contributed by atoms with Crippen molar-refractivity contribution in [1.82, 2.24) is 9.80 Å². The molecular formula is C27H30N2O5. The van der Waals surface area contributed by atoms with Crippen LogP contribution in [-0.2, 0) is 17.6 Å². The molecule has 7 nitrogen and oxygen atoms in total. The van der Waals surface area contributed by atoms with Crippen molar-refractivity contribution in [3.05, 3.63) is 59.3 Å². The number of amides is 2. The second-order valence-corrected chi connectivity index (χ2v) is 8.91. The normalized spacial score (nSPS) is 16.6. The molecule has 0 N–H and O–H groups in total. The summed E-state index contributed by atoms with van der Waals surface area (Å²) in [6.45, 7) is 6.37. The first-order valence-electron chi connectivity index (χ1n) is 12.1. The molecule has 1 saturated heterocycles. The largest absolute Gasteiger partial charge is 0.493 e. The minimum atomic E-state index is -0.137. The maximum atomic E-state index is 13.1. The van der Waals surface area contributed by atoms with Gasteiger partial charge in [0.15, 0.2) is 5.76 Å². The fraction of sp³-hybridized carbons (Fsp3) is 0.407. The Bertz CT molecular complexity index is 1230. The van der Waals surface area contributed by atoms with Gasteiger partial charge < -0.3 is 23.4 Å². The predicted octanol–water partition coefficient (Wildman–Crippen LogP) is 4.69. The van der Waals surface area contributed by atoms with E-state index in [2.05, 4.69) is 6.07 Å². The minimum absolute atomic E-state index is 0.0561. The fourth-order valence-corrected chi connectivity index (χ4v) is 4.91. The van der Waals surface area contributed by atoms with E-state index in [-0.39, 0.29) is 11.8 Å². The monoisotopic (exact) mass is 462 g/mol. The van der Waals surface area contributed by atoms with E-state index >= 15 is 0 Å². The molecule has 1 aliphatic carbocycles. The van der Waals surface area contributed by atoms with Crippen LogP contribution in [0.3, 0.4) is 0 Å². The molecule has 0 atom stereocenters. The molecule has 1 fully saturated rings. The number of fused-ring (bicyclic) bond motifs is 3. The van der Waals surface area contributed by atoms with Crippen LogP contribution in [0, 0.1) is 0 Å². The molecule has 2 amide bonds. The zero-order chi connectivity index (χ0) is 23.7. The van der Waals surface area contributed by atoms with Gasteiger partial charge in [0, 0.05) is 61.3 Å². The molecule has 2 aliphatic rings. The number of hydrogen-bond donors (Lipinski definition) is 0. The maximum Gasteiger partial charge on any atom is 0.289 e. The number of ether oxygens (including phenoxy) is 1. The van der Waals surface area contributed by atoms with Gasteiger partial charge in [0.2, 0.25) is 5.91 Å². The van der Waals surface area contributed by atoms with Crippen LogP contribution < -0.4 is 4.74 Å². The number of carbonyl (C=O) groups is 2. The van der Waals surface area contributed by atoms with Crippen molar-refractivity contribution in [1.29, 1.82) is 0 Å².